The lowest BCUT2D eigenvalue weighted by Gasteiger charge is -2.46. The molecule has 0 aromatic heterocycles. The minimum atomic E-state index is -1.02. The molecule has 2 atom stereocenters. The van der Waals surface area contributed by atoms with Gasteiger partial charge in [0.25, 0.3) is 0 Å². The monoisotopic (exact) mass is 466 g/mol. The molecule has 2 aliphatic heterocycles. The van der Waals surface area contributed by atoms with Crippen LogP contribution >= 0.6 is 0 Å². The molecule has 34 heavy (non-hydrogen) atoms. The zero-order chi connectivity index (χ0) is 24.7. The van der Waals surface area contributed by atoms with Crippen molar-refractivity contribution in [2.75, 3.05) is 19.6 Å². The summed E-state index contributed by atoms with van der Waals surface area (Å²) in [5, 5.41) is 21.3. The van der Waals surface area contributed by atoms with Crippen molar-refractivity contribution in [3.63, 3.8) is 0 Å². The van der Waals surface area contributed by atoms with Crippen molar-refractivity contribution in [2.24, 2.45) is 0 Å². The summed E-state index contributed by atoms with van der Waals surface area (Å²) in [7, 11) is 0. The summed E-state index contributed by atoms with van der Waals surface area (Å²) in [5.41, 5.74) is -0.330. The van der Waals surface area contributed by atoms with Gasteiger partial charge in [-0.25, -0.2) is 4.79 Å². The lowest BCUT2D eigenvalue weighted by Crippen LogP contribution is -2.60. The van der Waals surface area contributed by atoms with Crippen LogP contribution in [0.15, 0.2) is 54.6 Å². The number of benzene rings is 2. The lowest BCUT2D eigenvalue weighted by atomic mass is 9.80. The van der Waals surface area contributed by atoms with Crippen molar-refractivity contribution in [3.8, 4) is 0 Å². The topological polar surface area (TPSA) is 90.3 Å². The van der Waals surface area contributed by atoms with Gasteiger partial charge in [-0.3, -0.25) is 4.79 Å². The quantitative estimate of drug-likeness (QED) is 0.678. The lowest BCUT2D eigenvalue weighted by molar-refractivity contribution is -0.154. The largest absolute Gasteiger partial charge is 0.438 e. The van der Waals surface area contributed by atoms with Gasteiger partial charge in [-0.15, -0.1) is 0 Å². The fourth-order valence-corrected chi connectivity index (χ4v) is 5.13. The summed E-state index contributed by atoms with van der Waals surface area (Å²) in [6, 6.07) is 17.0. The Morgan fingerprint density at radius 3 is 2.24 bits per heavy atom. The minimum Gasteiger partial charge on any atom is -0.438 e. The van der Waals surface area contributed by atoms with Crippen molar-refractivity contribution in [1.29, 1.82) is 0 Å². The molecule has 2 aromatic rings. The number of cyclic esters (lactones) is 1. The van der Waals surface area contributed by atoms with Crippen LogP contribution in [0, 0.1) is 0 Å². The predicted molar refractivity (Wildman–Crippen MR) is 128 cm³/mol. The van der Waals surface area contributed by atoms with Crippen molar-refractivity contribution in [1.82, 2.24) is 9.80 Å². The molecule has 0 bridgehead atoms. The summed E-state index contributed by atoms with van der Waals surface area (Å²) in [4.78, 5) is 28.0. The van der Waals surface area contributed by atoms with E-state index >= 15 is 0 Å². The molecule has 4 rings (SSSR count). The predicted octanol–water partition coefficient (Wildman–Crippen LogP) is 3.70. The second-order valence-corrected chi connectivity index (χ2v) is 10.4. The molecule has 0 saturated carbocycles. The van der Waals surface area contributed by atoms with Gasteiger partial charge in [0.2, 0.25) is 5.91 Å². The van der Waals surface area contributed by atoms with Crippen LogP contribution < -0.4 is 0 Å². The van der Waals surface area contributed by atoms with Gasteiger partial charge in [0.1, 0.15) is 11.2 Å². The first-order valence-corrected chi connectivity index (χ1v) is 11.8. The van der Waals surface area contributed by atoms with E-state index in [-0.39, 0.29) is 11.9 Å². The average molecular weight is 467 g/mol. The number of nitrogens with zero attached hydrogens (tertiary/aromatic N) is 2. The van der Waals surface area contributed by atoms with Crippen LogP contribution in [0.25, 0.3) is 0 Å². The van der Waals surface area contributed by atoms with Crippen LogP contribution in [-0.2, 0) is 20.7 Å². The summed E-state index contributed by atoms with van der Waals surface area (Å²) >= 11 is 0. The van der Waals surface area contributed by atoms with Crippen LogP contribution in [0.4, 0.5) is 4.79 Å². The van der Waals surface area contributed by atoms with Crippen molar-refractivity contribution >= 4 is 12.0 Å². The van der Waals surface area contributed by atoms with Crippen LogP contribution in [-0.4, -0.2) is 57.2 Å². The fourth-order valence-electron chi connectivity index (χ4n) is 5.13. The Kier molecular flexibility index (Phi) is 6.21. The van der Waals surface area contributed by atoms with E-state index < -0.39 is 22.9 Å². The van der Waals surface area contributed by atoms with E-state index in [0.717, 1.165) is 16.7 Å². The molecule has 0 spiro atoms. The SMILES string of the molecule is CC(=O)N1CC(O)(c2ccc([C@H](C)N3CC[C@](CC(C)(C)O)(c4ccccc4)OC3=O)cc2)C1. The van der Waals surface area contributed by atoms with Crippen molar-refractivity contribution in [2.45, 2.75) is 63.4 Å². The summed E-state index contributed by atoms with van der Waals surface area (Å²) in [6.07, 6.45) is 0.462. The van der Waals surface area contributed by atoms with E-state index in [1.54, 1.807) is 23.6 Å². The van der Waals surface area contributed by atoms with Crippen LogP contribution in [0.1, 0.15) is 63.3 Å². The van der Waals surface area contributed by atoms with Gasteiger partial charge in [-0.05, 0) is 37.5 Å². The normalized spacial score (nSPS) is 23.2. The number of aliphatic hydroxyl groups is 2. The van der Waals surface area contributed by atoms with Crippen LogP contribution in [0.2, 0.25) is 0 Å². The first-order chi connectivity index (χ1) is 15.9. The van der Waals surface area contributed by atoms with Gasteiger partial charge in [0.05, 0.1) is 24.7 Å². The third-order valence-electron chi connectivity index (χ3n) is 7.04. The van der Waals surface area contributed by atoms with Gasteiger partial charge < -0.3 is 24.7 Å². The Labute approximate surface area is 200 Å². The maximum absolute atomic E-state index is 13.2. The smallest absolute Gasteiger partial charge is 0.411 e. The molecule has 0 aliphatic carbocycles. The Morgan fingerprint density at radius 2 is 1.71 bits per heavy atom. The van der Waals surface area contributed by atoms with Gasteiger partial charge in [0, 0.05) is 26.3 Å². The molecule has 2 heterocycles. The minimum absolute atomic E-state index is 0.0466. The molecule has 2 N–H and O–H groups in total. The highest BCUT2D eigenvalue weighted by atomic mass is 16.6. The van der Waals surface area contributed by atoms with Gasteiger partial charge in [-0.1, -0.05) is 54.6 Å². The number of ether oxygens (including phenoxy) is 1. The highest BCUT2D eigenvalue weighted by Gasteiger charge is 2.47. The van der Waals surface area contributed by atoms with Crippen LogP contribution in [0.5, 0.6) is 0 Å². The van der Waals surface area contributed by atoms with Crippen LogP contribution in [0.3, 0.4) is 0 Å². The molecule has 2 aromatic carbocycles. The Morgan fingerprint density at radius 1 is 1.09 bits per heavy atom. The number of amides is 2. The fraction of sp³-hybridized carbons (Fsp3) is 0.481. The van der Waals surface area contributed by atoms with E-state index in [9.17, 15) is 19.8 Å². The Hall–Kier alpha value is -2.90. The number of carbonyl (C=O) groups is 2. The maximum atomic E-state index is 13.2. The Balaban J connectivity index is 1.49. The summed E-state index contributed by atoms with van der Waals surface area (Å²) in [5.74, 6) is -0.0466. The second-order valence-electron chi connectivity index (χ2n) is 10.4. The zero-order valence-corrected chi connectivity index (χ0v) is 20.3. The highest BCUT2D eigenvalue weighted by molar-refractivity contribution is 5.74. The third kappa shape index (κ3) is 4.68. The second kappa shape index (κ2) is 8.71. The molecule has 2 saturated heterocycles. The van der Waals surface area contributed by atoms with Gasteiger partial charge >= 0.3 is 6.09 Å². The van der Waals surface area contributed by atoms with Gasteiger partial charge in [-0.2, -0.15) is 0 Å². The number of rotatable bonds is 6. The zero-order valence-electron chi connectivity index (χ0n) is 20.3. The molecule has 2 fully saturated rings. The van der Waals surface area contributed by atoms with Crippen molar-refractivity contribution in [3.05, 3.63) is 71.3 Å². The number of hydrogen-bond acceptors (Lipinski definition) is 5. The molecular formula is C27H34N2O5. The first kappa shape index (κ1) is 24.2. The Bertz CT molecular complexity index is 1040. The first-order valence-electron chi connectivity index (χ1n) is 11.8. The molecule has 182 valence electrons. The van der Waals surface area contributed by atoms with Gasteiger partial charge in [0.15, 0.2) is 0 Å². The van der Waals surface area contributed by atoms with E-state index in [0.29, 0.717) is 32.5 Å². The molecule has 7 heteroatoms. The standard InChI is InChI=1S/C27H34N2O5/c1-19(21-10-12-22(13-11-21)26(33)17-28(18-26)20(2)30)29-15-14-27(34-24(29)31,16-25(3,4)32)23-8-6-5-7-9-23/h5-13,19,32-33H,14-18H2,1-4H3/t19-,27-/m0/s1. The van der Waals surface area contributed by atoms with E-state index in [4.69, 9.17) is 4.74 Å². The average Bonchev–Trinajstić information content (AvgIpc) is 2.76. The molecule has 0 radical (unpaired) electrons. The molecule has 7 nitrogen and oxygen atoms in total. The number of carbonyl (C=O) groups excluding carboxylic acids is 2. The highest BCUT2D eigenvalue weighted by Crippen LogP contribution is 2.42. The number of hydrogen-bond donors (Lipinski definition) is 2. The summed E-state index contributed by atoms with van der Waals surface area (Å²) in [6.45, 7) is 7.98. The molecular weight excluding hydrogens is 432 g/mol. The van der Waals surface area contributed by atoms with Crippen molar-refractivity contribution < 1.29 is 24.5 Å². The van der Waals surface area contributed by atoms with E-state index in [1.807, 2.05) is 61.5 Å². The molecule has 2 aliphatic rings. The maximum Gasteiger partial charge on any atom is 0.411 e. The van der Waals surface area contributed by atoms with E-state index in [1.165, 1.54) is 6.92 Å². The molecule has 2 amide bonds. The third-order valence-corrected chi connectivity index (χ3v) is 7.04. The van der Waals surface area contributed by atoms with E-state index in [2.05, 4.69) is 0 Å². The number of likely N-dealkylation sites (tertiary alicyclic amines) is 1. The number of β-amino-alcohol motifs (C(OH)–C–C–N with tert-alkyl or cyclic N) is 1. The summed E-state index contributed by atoms with van der Waals surface area (Å²) < 4.78 is 6.08. The molecule has 0 unspecified atom stereocenters.